The normalized spacial score (nSPS) is 15.5. The van der Waals surface area contributed by atoms with Gasteiger partial charge in [-0.2, -0.15) is 0 Å². The Morgan fingerprint density at radius 1 is 0.906 bits per heavy atom. The van der Waals surface area contributed by atoms with Gasteiger partial charge >= 0.3 is 5.97 Å². The molecule has 0 aliphatic carbocycles. The van der Waals surface area contributed by atoms with Crippen LogP contribution in [0.5, 0.6) is 0 Å². The number of nitrogens with two attached hydrogens (primary N) is 3. The average molecular weight is 463 g/mol. The maximum Gasteiger partial charge on any atom is 0.328 e. The van der Waals surface area contributed by atoms with Crippen LogP contribution in [0.3, 0.4) is 0 Å². The quantitative estimate of drug-likeness (QED) is 0.0994. The molecule has 184 valence electrons. The summed E-state index contributed by atoms with van der Waals surface area (Å²) in [5.74, 6) is -4.82. The number of carbonyl (C=O) groups excluding carboxylic acids is 4. The molecule has 0 bridgehead atoms. The number of hydrogen-bond donors (Lipinski definition) is 9. The van der Waals surface area contributed by atoms with Crippen molar-refractivity contribution in [3.63, 3.8) is 0 Å². The number of carbonyl (C=O) groups is 5. The molecule has 0 heterocycles. The molecular formula is C18H34N6O8. The van der Waals surface area contributed by atoms with E-state index in [1.54, 1.807) is 0 Å². The largest absolute Gasteiger partial charge is 0.480 e. The Labute approximate surface area is 185 Å². The molecule has 32 heavy (non-hydrogen) atoms. The second-order valence-corrected chi connectivity index (χ2v) is 7.27. The molecule has 5 unspecified atom stereocenters. The van der Waals surface area contributed by atoms with E-state index >= 15 is 0 Å². The van der Waals surface area contributed by atoms with E-state index in [0.29, 0.717) is 19.4 Å². The van der Waals surface area contributed by atoms with Gasteiger partial charge in [-0.25, -0.2) is 4.79 Å². The van der Waals surface area contributed by atoms with Gasteiger partial charge in [0.1, 0.15) is 18.1 Å². The molecule has 12 N–H and O–H groups in total. The Morgan fingerprint density at radius 2 is 1.44 bits per heavy atom. The van der Waals surface area contributed by atoms with Crippen LogP contribution in [0.25, 0.3) is 0 Å². The minimum absolute atomic E-state index is 0.141. The van der Waals surface area contributed by atoms with Gasteiger partial charge in [-0.3, -0.25) is 19.2 Å². The first-order valence-electron chi connectivity index (χ1n) is 10.1. The molecule has 0 fully saturated rings. The lowest BCUT2D eigenvalue weighted by molar-refractivity contribution is -0.145. The van der Waals surface area contributed by atoms with Crippen molar-refractivity contribution in [2.45, 2.75) is 69.3 Å². The fourth-order valence-electron chi connectivity index (χ4n) is 2.59. The molecule has 0 saturated heterocycles. The SMILES string of the molecule is CC(O)C(NC(=O)C(CCC(N)=O)NC(=O)C(CCCCN)NC(=O)C(N)CO)C(=O)O. The van der Waals surface area contributed by atoms with Crippen molar-refractivity contribution >= 4 is 29.6 Å². The lowest BCUT2D eigenvalue weighted by atomic mass is 10.0. The summed E-state index contributed by atoms with van der Waals surface area (Å²) in [6.07, 6.45) is -0.852. The van der Waals surface area contributed by atoms with E-state index in [9.17, 15) is 29.1 Å². The zero-order valence-corrected chi connectivity index (χ0v) is 18.0. The predicted octanol–water partition coefficient (Wildman–Crippen LogP) is -4.38. The van der Waals surface area contributed by atoms with Crippen LogP contribution in [0.2, 0.25) is 0 Å². The highest BCUT2D eigenvalue weighted by Gasteiger charge is 2.31. The van der Waals surface area contributed by atoms with Crippen LogP contribution in [-0.4, -0.2) is 88.3 Å². The standard InChI is InChI=1S/C18H34N6O8/c1-9(26)14(18(31)32)24-17(30)12(5-6-13(21)27)23-16(29)11(4-2-3-7-19)22-15(28)10(20)8-25/h9-12,14,25-26H,2-8,19-20H2,1H3,(H2,21,27)(H,22,28)(H,23,29)(H,24,30)(H,31,32). The summed E-state index contributed by atoms with van der Waals surface area (Å²) in [5, 5.41) is 34.5. The van der Waals surface area contributed by atoms with E-state index in [1.165, 1.54) is 0 Å². The van der Waals surface area contributed by atoms with E-state index in [4.69, 9.17) is 27.4 Å². The van der Waals surface area contributed by atoms with Crippen molar-refractivity contribution in [1.29, 1.82) is 0 Å². The molecule has 0 spiro atoms. The molecular weight excluding hydrogens is 428 g/mol. The minimum atomic E-state index is -1.65. The molecule has 4 amide bonds. The van der Waals surface area contributed by atoms with Gasteiger partial charge in [0.25, 0.3) is 0 Å². The van der Waals surface area contributed by atoms with Crippen molar-refractivity contribution in [3.8, 4) is 0 Å². The van der Waals surface area contributed by atoms with Gasteiger partial charge in [-0.1, -0.05) is 0 Å². The highest BCUT2D eigenvalue weighted by Crippen LogP contribution is 2.05. The molecule has 5 atom stereocenters. The molecule has 0 rings (SSSR count). The van der Waals surface area contributed by atoms with Gasteiger partial charge in [0.05, 0.1) is 12.7 Å². The van der Waals surface area contributed by atoms with Crippen molar-refractivity contribution < 1.29 is 39.3 Å². The molecule has 0 radical (unpaired) electrons. The number of carboxylic acids is 1. The van der Waals surface area contributed by atoms with E-state index in [0.717, 1.165) is 6.92 Å². The monoisotopic (exact) mass is 462 g/mol. The number of unbranched alkanes of at least 4 members (excludes halogenated alkanes) is 1. The molecule has 0 saturated carbocycles. The molecule has 14 heteroatoms. The van der Waals surface area contributed by atoms with Crippen molar-refractivity contribution in [2.75, 3.05) is 13.2 Å². The zero-order chi connectivity index (χ0) is 24.8. The maximum atomic E-state index is 12.8. The number of amides is 4. The van der Waals surface area contributed by atoms with E-state index in [2.05, 4.69) is 16.0 Å². The second kappa shape index (κ2) is 15.1. The molecule has 0 aromatic carbocycles. The van der Waals surface area contributed by atoms with Crippen LogP contribution in [-0.2, 0) is 24.0 Å². The highest BCUT2D eigenvalue weighted by molar-refractivity contribution is 5.94. The number of rotatable bonds is 16. The minimum Gasteiger partial charge on any atom is -0.480 e. The van der Waals surface area contributed by atoms with Gasteiger partial charge in [0, 0.05) is 6.42 Å². The third-order valence-electron chi connectivity index (χ3n) is 4.47. The zero-order valence-electron chi connectivity index (χ0n) is 18.0. The third-order valence-corrected chi connectivity index (χ3v) is 4.47. The Bertz CT molecular complexity index is 659. The summed E-state index contributed by atoms with van der Waals surface area (Å²) in [5.41, 5.74) is 16.0. The fourth-order valence-corrected chi connectivity index (χ4v) is 2.59. The summed E-state index contributed by atoms with van der Waals surface area (Å²) in [7, 11) is 0. The van der Waals surface area contributed by atoms with E-state index < -0.39 is 66.5 Å². The first-order valence-corrected chi connectivity index (χ1v) is 10.1. The van der Waals surface area contributed by atoms with E-state index in [-0.39, 0.29) is 19.3 Å². The Balaban J connectivity index is 5.50. The number of carboxylic acid groups (broad SMARTS) is 1. The second-order valence-electron chi connectivity index (χ2n) is 7.27. The van der Waals surface area contributed by atoms with Gasteiger partial charge < -0.3 is 48.5 Å². The van der Waals surface area contributed by atoms with Crippen molar-refractivity contribution in [3.05, 3.63) is 0 Å². The molecule has 14 nitrogen and oxygen atoms in total. The predicted molar refractivity (Wildman–Crippen MR) is 112 cm³/mol. The van der Waals surface area contributed by atoms with E-state index in [1.807, 2.05) is 0 Å². The van der Waals surface area contributed by atoms with Crippen LogP contribution >= 0.6 is 0 Å². The summed E-state index contributed by atoms with van der Waals surface area (Å²) in [6, 6.07) is -5.44. The molecule has 0 aromatic heterocycles. The lowest BCUT2D eigenvalue weighted by Crippen LogP contribution is -2.58. The Kier molecular flexibility index (Phi) is 13.7. The van der Waals surface area contributed by atoms with Gasteiger partial charge in [0.2, 0.25) is 23.6 Å². The fraction of sp³-hybridized carbons (Fsp3) is 0.722. The van der Waals surface area contributed by atoms with Crippen LogP contribution < -0.4 is 33.2 Å². The van der Waals surface area contributed by atoms with Crippen LogP contribution in [0, 0.1) is 0 Å². The number of aliphatic carboxylic acids is 1. The van der Waals surface area contributed by atoms with Crippen LogP contribution in [0.4, 0.5) is 0 Å². The molecule has 0 aromatic rings. The van der Waals surface area contributed by atoms with Crippen LogP contribution in [0.15, 0.2) is 0 Å². The topological polar surface area (TPSA) is 260 Å². The number of primary amides is 1. The van der Waals surface area contributed by atoms with Gasteiger partial charge in [-0.15, -0.1) is 0 Å². The average Bonchev–Trinajstić information content (AvgIpc) is 2.72. The smallest absolute Gasteiger partial charge is 0.328 e. The molecule has 0 aliphatic heterocycles. The maximum absolute atomic E-state index is 12.8. The highest BCUT2D eigenvalue weighted by atomic mass is 16.4. The molecule has 0 aliphatic rings. The third kappa shape index (κ3) is 11.0. The van der Waals surface area contributed by atoms with Crippen molar-refractivity contribution in [2.24, 2.45) is 17.2 Å². The lowest BCUT2D eigenvalue weighted by Gasteiger charge is -2.25. The Hall–Kier alpha value is -2.81. The number of aliphatic hydroxyl groups is 2. The first-order chi connectivity index (χ1) is 14.9. The summed E-state index contributed by atoms with van der Waals surface area (Å²) >= 11 is 0. The first kappa shape index (κ1) is 29.2. The summed E-state index contributed by atoms with van der Waals surface area (Å²) in [6.45, 7) is 0.851. The van der Waals surface area contributed by atoms with Crippen molar-refractivity contribution in [1.82, 2.24) is 16.0 Å². The number of aliphatic hydroxyl groups excluding tert-OH is 2. The number of nitrogens with one attached hydrogen (secondary N) is 3. The summed E-state index contributed by atoms with van der Waals surface area (Å²) < 4.78 is 0. The van der Waals surface area contributed by atoms with Gasteiger partial charge in [0.15, 0.2) is 6.04 Å². The van der Waals surface area contributed by atoms with Crippen LogP contribution in [0.1, 0.15) is 39.0 Å². The number of hydrogen-bond acceptors (Lipinski definition) is 9. The Morgan fingerprint density at radius 3 is 1.91 bits per heavy atom. The summed E-state index contributed by atoms with van der Waals surface area (Å²) in [4.78, 5) is 59.7. The van der Waals surface area contributed by atoms with Gasteiger partial charge in [-0.05, 0) is 39.2 Å².